The maximum absolute atomic E-state index is 12.7. The number of hydrogen-bond acceptors (Lipinski definition) is 6. The van der Waals surface area contributed by atoms with Crippen LogP contribution in [0.25, 0.3) is 10.9 Å². The number of nitrogens with one attached hydrogen (secondary N) is 2. The van der Waals surface area contributed by atoms with E-state index in [1.54, 1.807) is 25.3 Å². The molecule has 31 heavy (non-hydrogen) atoms. The topological polar surface area (TPSA) is 139 Å². The van der Waals surface area contributed by atoms with E-state index in [0.717, 1.165) is 5.69 Å². The molecule has 2 aromatic heterocycles. The smallest absolute Gasteiger partial charge is 0.257 e. The van der Waals surface area contributed by atoms with Gasteiger partial charge in [-0.25, -0.2) is 18.8 Å². The van der Waals surface area contributed by atoms with E-state index in [1.807, 2.05) is 12.1 Å². The van der Waals surface area contributed by atoms with Crippen LogP contribution in [0.4, 0.5) is 14.7 Å². The maximum atomic E-state index is 12.7. The second-order valence-corrected chi connectivity index (χ2v) is 7.57. The zero-order valence-corrected chi connectivity index (χ0v) is 16.8. The number of aromatic amines is 1. The van der Waals surface area contributed by atoms with Gasteiger partial charge in [-0.05, 0) is 36.6 Å². The van der Waals surface area contributed by atoms with E-state index in [1.165, 1.54) is 6.20 Å². The minimum absolute atomic E-state index is 0.0294. The number of methoxy groups -OCH3 is 1. The van der Waals surface area contributed by atoms with Gasteiger partial charge < -0.3 is 21.2 Å². The predicted octanol–water partition coefficient (Wildman–Crippen LogP) is 2.89. The van der Waals surface area contributed by atoms with Gasteiger partial charge in [-0.15, -0.1) is 0 Å². The number of halogens is 2. The van der Waals surface area contributed by atoms with Crippen molar-refractivity contribution in [2.45, 2.75) is 31.2 Å². The molecule has 0 bridgehead atoms. The Kier molecular flexibility index (Phi) is 5.64. The summed E-state index contributed by atoms with van der Waals surface area (Å²) in [5.74, 6) is 1.12. The Morgan fingerprint density at radius 3 is 2.71 bits per heavy atom. The highest BCUT2D eigenvalue weighted by molar-refractivity contribution is 5.87. The molecule has 3 aromatic rings. The van der Waals surface area contributed by atoms with Crippen molar-refractivity contribution in [3.8, 4) is 5.75 Å². The third-order valence-electron chi connectivity index (χ3n) is 5.59. The lowest BCUT2D eigenvalue weighted by molar-refractivity contribution is 0.116. The molecule has 0 radical (unpaired) electrons. The molecule has 0 spiro atoms. The van der Waals surface area contributed by atoms with E-state index in [-0.39, 0.29) is 23.6 Å². The molecule has 1 aliphatic rings. The molecular formula is C21H23F2N7O. The Balaban J connectivity index is 1.50. The first-order valence-electron chi connectivity index (χ1n) is 9.82. The Hall–Kier alpha value is -3.40. The Bertz CT molecular complexity index is 1170. The zero-order valence-electron chi connectivity index (χ0n) is 16.8. The van der Waals surface area contributed by atoms with Gasteiger partial charge in [-0.3, -0.25) is 10.4 Å². The van der Waals surface area contributed by atoms with Crippen molar-refractivity contribution in [2.75, 3.05) is 12.8 Å². The molecule has 1 atom stereocenters. The van der Waals surface area contributed by atoms with Gasteiger partial charge in [0.1, 0.15) is 22.6 Å². The van der Waals surface area contributed by atoms with Gasteiger partial charge in [0.05, 0.1) is 13.2 Å². The number of para-hydroxylation sites is 1. The highest BCUT2D eigenvalue weighted by atomic mass is 19.3. The van der Waals surface area contributed by atoms with Crippen LogP contribution in [-0.2, 0) is 0 Å². The summed E-state index contributed by atoms with van der Waals surface area (Å²) in [5.41, 5.74) is 13.5. The lowest BCUT2D eigenvalue weighted by Crippen LogP contribution is -2.30. The number of anilines is 1. The number of amidine groups is 1. The Morgan fingerprint density at radius 1 is 1.29 bits per heavy atom. The van der Waals surface area contributed by atoms with Crippen molar-refractivity contribution < 1.29 is 13.5 Å². The quantitative estimate of drug-likeness (QED) is 0.366. The summed E-state index contributed by atoms with van der Waals surface area (Å²) in [7, 11) is 1.55. The van der Waals surface area contributed by atoms with Crippen LogP contribution < -0.4 is 21.7 Å². The number of alkyl halides is 2. The van der Waals surface area contributed by atoms with Crippen LogP contribution in [-0.4, -0.2) is 34.3 Å². The summed E-state index contributed by atoms with van der Waals surface area (Å²) < 4.78 is 30.8. The average Bonchev–Trinajstić information content (AvgIpc) is 2.72. The molecule has 1 aliphatic carbocycles. The van der Waals surface area contributed by atoms with Crippen LogP contribution in [0, 0.1) is 11.3 Å². The first-order valence-corrected chi connectivity index (χ1v) is 9.82. The normalized spacial score (nSPS) is 20.0. The van der Waals surface area contributed by atoms with Gasteiger partial charge in [0.15, 0.2) is 5.95 Å². The monoisotopic (exact) mass is 427 g/mol. The van der Waals surface area contributed by atoms with E-state index >= 15 is 0 Å². The van der Waals surface area contributed by atoms with E-state index in [2.05, 4.69) is 19.9 Å². The summed E-state index contributed by atoms with van der Waals surface area (Å²) in [6.07, 6.45) is 0.191. The molecular weight excluding hydrogens is 404 g/mol. The predicted molar refractivity (Wildman–Crippen MR) is 113 cm³/mol. The van der Waals surface area contributed by atoms with E-state index < -0.39 is 12.5 Å². The van der Waals surface area contributed by atoms with Gasteiger partial charge in [0.25, 0.3) is 6.43 Å². The van der Waals surface area contributed by atoms with Gasteiger partial charge in [0.2, 0.25) is 0 Å². The fourth-order valence-corrected chi connectivity index (χ4v) is 3.71. The van der Waals surface area contributed by atoms with Crippen LogP contribution in [0.1, 0.15) is 36.1 Å². The summed E-state index contributed by atoms with van der Waals surface area (Å²) in [5, 5.41) is 9.13. The van der Waals surface area contributed by atoms with Crippen LogP contribution in [0.3, 0.4) is 0 Å². The number of H-pyrrole nitrogens is 1. The van der Waals surface area contributed by atoms with Crippen LogP contribution in [0.2, 0.25) is 0 Å². The second-order valence-electron chi connectivity index (χ2n) is 7.57. The molecule has 10 heteroatoms. The third-order valence-corrected chi connectivity index (χ3v) is 5.59. The van der Waals surface area contributed by atoms with Crippen LogP contribution in [0.5, 0.6) is 5.75 Å². The van der Waals surface area contributed by atoms with E-state index in [0.29, 0.717) is 40.5 Å². The third kappa shape index (κ3) is 4.11. The standard InChI is InChI=1S/C21H23F2N7O/c1-31-15-4-2-3-13-17(15)28-21(26)30-20(13)29-19(25)12-7-11(8-12)14-6-5-10(9-27-14)16(24)18(22)23/h2-6,9,11-12,16,18H,7-8,24H2,1H3,(H4,25,26,28,29,30)/t11-,12-,16-/m1/s1. The maximum Gasteiger partial charge on any atom is 0.257 e. The number of pyridine rings is 1. The van der Waals surface area contributed by atoms with Gasteiger partial charge in [-0.2, -0.15) is 0 Å². The number of hydrogen-bond donors (Lipinski definition) is 4. The highest BCUT2D eigenvalue weighted by Crippen LogP contribution is 2.41. The van der Waals surface area contributed by atoms with E-state index in [4.69, 9.17) is 21.6 Å². The molecule has 2 heterocycles. The van der Waals surface area contributed by atoms with Gasteiger partial charge in [0, 0.05) is 29.1 Å². The van der Waals surface area contributed by atoms with Crippen molar-refractivity contribution in [3.63, 3.8) is 0 Å². The van der Waals surface area contributed by atoms with Crippen LogP contribution in [0.15, 0.2) is 41.5 Å². The Labute approximate surface area is 176 Å². The average molecular weight is 427 g/mol. The fourth-order valence-electron chi connectivity index (χ4n) is 3.71. The van der Waals surface area contributed by atoms with Crippen molar-refractivity contribution in [2.24, 2.45) is 16.6 Å². The largest absolute Gasteiger partial charge is 0.494 e. The number of ether oxygens (including phenoxy) is 1. The van der Waals surface area contributed by atoms with Gasteiger partial charge >= 0.3 is 0 Å². The Morgan fingerprint density at radius 2 is 2.06 bits per heavy atom. The summed E-state index contributed by atoms with van der Waals surface area (Å²) >= 11 is 0. The lowest BCUT2D eigenvalue weighted by Gasteiger charge is -2.34. The molecule has 8 nitrogen and oxygen atoms in total. The second kappa shape index (κ2) is 8.38. The number of fused-ring (bicyclic) bond motifs is 1. The molecule has 1 saturated carbocycles. The SMILES string of the molecule is COc1cccc2/c(=N/C(=N)[C@H]3C[C@H](c4ccc([C@@H](N)C(F)F)cn4)C3)[nH]c(N)nc12. The first kappa shape index (κ1) is 20.9. The van der Waals surface area contributed by atoms with Crippen molar-refractivity contribution in [3.05, 3.63) is 53.3 Å². The first-order chi connectivity index (χ1) is 14.9. The number of nitrogens with zero attached hydrogens (tertiary/aromatic N) is 3. The minimum atomic E-state index is -2.63. The molecule has 4 rings (SSSR count). The lowest BCUT2D eigenvalue weighted by atomic mass is 9.72. The number of benzene rings is 1. The molecule has 6 N–H and O–H groups in total. The number of nitrogen functional groups attached to an aromatic ring is 1. The molecule has 0 amide bonds. The highest BCUT2D eigenvalue weighted by Gasteiger charge is 2.34. The summed E-state index contributed by atoms with van der Waals surface area (Å²) in [6.45, 7) is 0. The summed E-state index contributed by atoms with van der Waals surface area (Å²) in [4.78, 5) is 16.0. The van der Waals surface area contributed by atoms with Crippen molar-refractivity contribution in [1.82, 2.24) is 15.0 Å². The summed E-state index contributed by atoms with van der Waals surface area (Å²) in [6, 6.07) is 7.44. The van der Waals surface area contributed by atoms with Crippen molar-refractivity contribution in [1.29, 1.82) is 5.41 Å². The molecule has 0 saturated heterocycles. The van der Waals surface area contributed by atoms with Crippen molar-refractivity contribution >= 4 is 22.7 Å². The molecule has 0 aliphatic heterocycles. The van der Waals surface area contributed by atoms with E-state index in [9.17, 15) is 8.78 Å². The molecule has 162 valence electrons. The van der Waals surface area contributed by atoms with Gasteiger partial charge in [-0.1, -0.05) is 12.1 Å². The number of rotatable bonds is 5. The molecule has 1 fully saturated rings. The molecule has 1 aromatic carbocycles. The van der Waals surface area contributed by atoms with Crippen LogP contribution >= 0.6 is 0 Å². The minimum Gasteiger partial charge on any atom is -0.494 e. The fraction of sp³-hybridized carbons (Fsp3) is 0.333. The number of aromatic nitrogens is 3. The molecule has 0 unspecified atom stereocenters. The zero-order chi connectivity index (χ0) is 22.1. The number of nitrogens with two attached hydrogens (primary N) is 2.